The molecule has 10 nitrogen and oxygen atoms in total. The van der Waals surface area contributed by atoms with E-state index < -0.39 is 0 Å². The van der Waals surface area contributed by atoms with Crippen molar-refractivity contribution in [1.82, 2.24) is 24.7 Å². The molecule has 172 valence electrons. The lowest BCUT2D eigenvalue weighted by Crippen LogP contribution is -2.27. The van der Waals surface area contributed by atoms with Gasteiger partial charge < -0.3 is 25.2 Å². The fourth-order valence-corrected chi connectivity index (χ4v) is 4.07. The summed E-state index contributed by atoms with van der Waals surface area (Å²) >= 11 is 0. The highest BCUT2D eigenvalue weighted by Crippen LogP contribution is 2.38. The van der Waals surface area contributed by atoms with E-state index in [9.17, 15) is 4.79 Å². The third-order valence-corrected chi connectivity index (χ3v) is 5.74. The first kappa shape index (κ1) is 21.6. The molecule has 1 aromatic carbocycles. The van der Waals surface area contributed by atoms with Crippen LogP contribution in [0.25, 0.3) is 22.2 Å². The lowest BCUT2D eigenvalue weighted by Gasteiger charge is -2.22. The molecule has 1 saturated carbocycles. The Morgan fingerprint density at radius 3 is 2.88 bits per heavy atom. The lowest BCUT2D eigenvalue weighted by molar-refractivity contribution is 0.350. The second-order valence-electron chi connectivity index (χ2n) is 8.20. The molecule has 5 rings (SSSR count). The minimum Gasteiger partial charge on any atom is -0.384 e. The molecule has 1 aliphatic carbocycles. The molecule has 10 heteroatoms. The fraction of sp³-hybridized carbons (Fsp3) is 0.292. The number of anilines is 2. The number of nitrogens with zero attached hydrogens (tertiary/aromatic N) is 5. The van der Waals surface area contributed by atoms with E-state index in [2.05, 4.69) is 37.3 Å². The van der Waals surface area contributed by atoms with Gasteiger partial charge in [0, 0.05) is 17.3 Å². The van der Waals surface area contributed by atoms with Gasteiger partial charge in [0.2, 0.25) is 0 Å². The van der Waals surface area contributed by atoms with Crippen molar-refractivity contribution in [3.63, 3.8) is 0 Å². The van der Waals surface area contributed by atoms with Crippen LogP contribution in [-0.4, -0.2) is 36.4 Å². The summed E-state index contributed by atoms with van der Waals surface area (Å²) in [5, 5.41) is 17.6. The number of aliphatic hydroxyl groups excluding tert-OH is 1. The van der Waals surface area contributed by atoms with Crippen LogP contribution in [-0.2, 0) is 0 Å². The molecule has 1 atom stereocenters. The number of aliphatic hydroxyl groups is 1. The molecule has 0 aliphatic heterocycles. The minimum absolute atomic E-state index is 0.0959. The van der Waals surface area contributed by atoms with Crippen molar-refractivity contribution >= 4 is 22.4 Å². The zero-order valence-corrected chi connectivity index (χ0v) is 18.7. The molecule has 4 aromatic rings. The molecular formula is C24H23N7O3. The van der Waals surface area contributed by atoms with Crippen molar-refractivity contribution < 1.29 is 9.63 Å². The lowest BCUT2D eigenvalue weighted by atomic mass is 10.0. The molecule has 4 N–H and O–H groups in total. The van der Waals surface area contributed by atoms with Gasteiger partial charge in [0.1, 0.15) is 30.1 Å². The number of nitrogen functional groups attached to an aromatic ring is 1. The maximum absolute atomic E-state index is 13.6. The van der Waals surface area contributed by atoms with Crippen LogP contribution in [0.5, 0.6) is 0 Å². The van der Waals surface area contributed by atoms with E-state index in [0.717, 1.165) is 23.9 Å². The van der Waals surface area contributed by atoms with Gasteiger partial charge in [-0.15, -0.1) is 0 Å². The number of hydrogen-bond acceptors (Lipinski definition) is 9. The summed E-state index contributed by atoms with van der Waals surface area (Å²) in [5.41, 5.74) is 7.86. The molecule has 0 bridgehead atoms. The summed E-state index contributed by atoms with van der Waals surface area (Å²) in [6.07, 6.45) is 3.22. The number of nitrogens with two attached hydrogens (primary N) is 1. The van der Waals surface area contributed by atoms with Gasteiger partial charge in [-0.2, -0.15) is 4.98 Å². The average molecular weight is 457 g/mol. The van der Waals surface area contributed by atoms with E-state index in [1.807, 2.05) is 29.7 Å². The number of hydrogen-bond donors (Lipinski definition) is 3. The highest BCUT2D eigenvalue weighted by molar-refractivity contribution is 5.88. The predicted molar refractivity (Wildman–Crippen MR) is 127 cm³/mol. The van der Waals surface area contributed by atoms with Crippen LogP contribution in [0, 0.1) is 18.8 Å². The van der Waals surface area contributed by atoms with Crippen molar-refractivity contribution in [2.75, 3.05) is 17.7 Å². The SMILES string of the molecule is Cc1noc(-c2c(N)ncnc2N[C@@H](C)c2cc3cccc(C#CCO)c3c(=O)n2C2CC2)n1. The molecule has 0 unspecified atom stereocenters. The third kappa shape index (κ3) is 3.86. The van der Waals surface area contributed by atoms with Crippen molar-refractivity contribution in [2.24, 2.45) is 0 Å². The van der Waals surface area contributed by atoms with Crippen LogP contribution in [0.2, 0.25) is 0 Å². The van der Waals surface area contributed by atoms with Crippen LogP contribution >= 0.6 is 0 Å². The van der Waals surface area contributed by atoms with Gasteiger partial charge in [-0.05, 0) is 44.2 Å². The zero-order chi connectivity index (χ0) is 23.8. The van der Waals surface area contributed by atoms with Crippen molar-refractivity contribution in [2.45, 2.75) is 38.8 Å². The Balaban J connectivity index is 1.62. The highest BCUT2D eigenvalue weighted by atomic mass is 16.5. The van der Waals surface area contributed by atoms with Crippen molar-refractivity contribution in [1.29, 1.82) is 0 Å². The van der Waals surface area contributed by atoms with E-state index in [-0.39, 0.29) is 36.0 Å². The Morgan fingerprint density at radius 1 is 1.35 bits per heavy atom. The summed E-state index contributed by atoms with van der Waals surface area (Å²) < 4.78 is 7.14. The average Bonchev–Trinajstić information content (AvgIpc) is 3.57. The minimum atomic E-state index is -0.304. The Hall–Kier alpha value is -4.23. The van der Waals surface area contributed by atoms with E-state index in [0.29, 0.717) is 28.2 Å². The number of aryl methyl sites for hydroxylation is 1. The van der Waals surface area contributed by atoms with Crippen LogP contribution in [0.1, 0.15) is 48.9 Å². The monoisotopic (exact) mass is 457 g/mol. The summed E-state index contributed by atoms with van der Waals surface area (Å²) in [4.78, 5) is 26.3. The van der Waals surface area contributed by atoms with Gasteiger partial charge >= 0.3 is 0 Å². The number of rotatable bonds is 5. The normalized spacial score (nSPS) is 14.0. The Labute approximate surface area is 194 Å². The molecular weight excluding hydrogens is 434 g/mol. The Bertz CT molecular complexity index is 1510. The maximum Gasteiger partial charge on any atom is 0.265 e. The quantitative estimate of drug-likeness (QED) is 0.385. The number of fused-ring (bicyclic) bond motifs is 1. The molecule has 3 aromatic heterocycles. The predicted octanol–water partition coefficient (Wildman–Crippen LogP) is 2.58. The van der Waals surface area contributed by atoms with E-state index in [1.165, 1.54) is 6.33 Å². The molecule has 0 spiro atoms. The summed E-state index contributed by atoms with van der Waals surface area (Å²) in [6.45, 7) is 3.40. The molecule has 1 fully saturated rings. The number of benzene rings is 1. The van der Waals surface area contributed by atoms with Crippen molar-refractivity contribution in [3.05, 3.63) is 58.0 Å². The first-order chi connectivity index (χ1) is 16.5. The smallest absolute Gasteiger partial charge is 0.265 e. The van der Waals surface area contributed by atoms with Gasteiger partial charge in [-0.3, -0.25) is 4.79 Å². The molecule has 0 amide bonds. The molecule has 1 aliphatic rings. The largest absolute Gasteiger partial charge is 0.384 e. The van der Waals surface area contributed by atoms with E-state index in [4.69, 9.17) is 15.4 Å². The summed E-state index contributed by atoms with van der Waals surface area (Å²) in [7, 11) is 0. The second kappa shape index (κ2) is 8.61. The number of nitrogens with one attached hydrogen (secondary N) is 1. The zero-order valence-electron chi connectivity index (χ0n) is 18.7. The first-order valence-electron chi connectivity index (χ1n) is 10.9. The van der Waals surface area contributed by atoms with Gasteiger partial charge in [0.15, 0.2) is 5.82 Å². The molecule has 34 heavy (non-hydrogen) atoms. The topological polar surface area (TPSA) is 145 Å². The van der Waals surface area contributed by atoms with Crippen molar-refractivity contribution in [3.8, 4) is 23.3 Å². The Morgan fingerprint density at radius 2 is 2.18 bits per heavy atom. The highest BCUT2D eigenvalue weighted by Gasteiger charge is 2.30. The molecule has 3 heterocycles. The second-order valence-corrected chi connectivity index (χ2v) is 8.20. The van der Waals surface area contributed by atoms with Gasteiger partial charge in [0.25, 0.3) is 11.4 Å². The summed E-state index contributed by atoms with van der Waals surface area (Å²) in [5.74, 6) is 6.87. The fourth-order valence-electron chi connectivity index (χ4n) is 4.07. The number of aromatic nitrogens is 5. The van der Waals surface area contributed by atoms with Gasteiger partial charge in [-0.25, -0.2) is 9.97 Å². The number of pyridine rings is 1. The van der Waals surface area contributed by atoms with Gasteiger partial charge in [0.05, 0.1) is 11.4 Å². The molecule has 0 radical (unpaired) electrons. The van der Waals surface area contributed by atoms with Gasteiger partial charge in [-0.1, -0.05) is 29.1 Å². The van der Waals surface area contributed by atoms with Crippen LogP contribution in [0.3, 0.4) is 0 Å². The van der Waals surface area contributed by atoms with E-state index in [1.54, 1.807) is 13.0 Å². The van der Waals surface area contributed by atoms with Crippen LogP contribution in [0.15, 0.2) is 39.9 Å². The third-order valence-electron chi connectivity index (χ3n) is 5.74. The summed E-state index contributed by atoms with van der Waals surface area (Å²) in [6, 6.07) is 7.37. The van der Waals surface area contributed by atoms with Crippen LogP contribution in [0.4, 0.5) is 11.6 Å². The first-order valence-corrected chi connectivity index (χ1v) is 10.9. The Kier molecular flexibility index (Phi) is 5.47. The van der Waals surface area contributed by atoms with E-state index >= 15 is 0 Å². The molecule has 0 saturated heterocycles. The standard InChI is InChI=1S/C24H23N7O3/c1-13(28-22-20(21(25)26-12-27-22)23-29-14(2)30-34-23)18-11-16-6-3-5-15(7-4-10-32)19(16)24(33)31(18)17-8-9-17/h3,5-6,11-13,17,32H,8-10H2,1-2H3,(H3,25,26,27,28)/t13-/m0/s1. The van der Waals surface area contributed by atoms with Crippen LogP contribution < -0.4 is 16.6 Å². The maximum atomic E-state index is 13.6.